The van der Waals surface area contributed by atoms with E-state index in [-0.39, 0.29) is 17.4 Å². The fourth-order valence-electron chi connectivity index (χ4n) is 5.59. The minimum absolute atomic E-state index is 0.175. The Kier molecular flexibility index (Phi) is 7.43. The molecule has 11 heteroatoms. The van der Waals surface area contributed by atoms with Crippen LogP contribution in [0.2, 0.25) is 0 Å². The molecule has 0 spiro atoms. The van der Waals surface area contributed by atoms with Crippen molar-refractivity contribution in [2.45, 2.75) is 19.6 Å². The monoisotopic (exact) mass is 580 g/mol. The van der Waals surface area contributed by atoms with Gasteiger partial charge in [-0.15, -0.1) is 0 Å². The van der Waals surface area contributed by atoms with Crippen LogP contribution in [0.25, 0.3) is 33.3 Å². The predicted molar refractivity (Wildman–Crippen MR) is 163 cm³/mol. The van der Waals surface area contributed by atoms with Gasteiger partial charge in [0.15, 0.2) is 5.69 Å². The molecule has 0 saturated carbocycles. The van der Waals surface area contributed by atoms with Crippen molar-refractivity contribution in [3.05, 3.63) is 94.2 Å². The van der Waals surface area contributed by atoms with Gasteiger partial charge < -0.3 is 29.8 Å². The minimum Gasteiger partial charge on any atom is -0.381 e. The Balaban J connectivity index is 1.38. The van der Waals surface area contributed by atoms with E-state index in [0.29, 0.717) is 41.2 Å². The number of carbonyl (C=O) groups is 2. The summed E-state index contributed by atoms with van der Waals surface area (Å²) in [5.74, 6) is -0.445. The second-order valence-electron chi connectivity index (χ2n) is 10.8. The van der Waals surface area contributed by atoms with Gasteiger partial charge in [0.25, 0.3) is 11.5 Å². The summed E-state index contributed by atoms with van der Waals surface area (Å²) in [5, 5.41) is 3.70. The van der Waals surface area contributed by atoms with Crippen molar-refractivity contribution < 1.29 is 18.8 Å². The molecule has 4 heterocycles. The number of anilines is 1. The average Bonchev–Trinajstić information content (AvgIpc) is 3.47. The molecule has 2 aromatic carbocycles. The molecule has 1 aliphatic heterocycles. The molecule has 0 unspecified atom stereocenters. The Morgan fingerprint density at radius 2 is 1.81 bits per heavy atom. The van der Waals surface area contributed by atoms with Crippen molar-refractivity contribution in [1.82, 2.24) is 19.2 Å². The molecular weight excluding hydrogens is 548 g/mol. The molecule has 0 radical (unpaired) electrons. The van der Waals surface area contributed by atoms with E-state index < -0.39 is 11.8 Å². The maximum atomic E-state index is 13.6. The molecule has 1 saturated heterocycles. The number of primary amides is 1. The molecule has 0 atom stereocenters. The Morgan fingerprint density at radius 1 is 1.07 bits per heavy atom. The molecule has 0 aliphatic carbocycles. The number of fused-ring (bicyclic) bond motifs is 1. The summed E-state index contributed by atoms with van der Waals surface area (Å²) in [4.78, 5) is 44.5. The summed E-state index contributed by atoms with van der Waals surface area (Å²) in [6.07, 6.45) is 1.78. The van der Waals surface area contributed by atoms with Crippen LogP contribution in [0, 0.1) is 6.92 Å². The zero-order chi connectivity index (χ0) is 30.2. The van der Waals surface area contributed by atoms with Crippen LogP contribution < -0.4 is 16.6 Å². The Bertz CT molecular complexity index is 1900. The van der Waals surface area contributed by atoms with E-state index in [1.807, 2.05) is 36.4 Å². The van der Waals surface area contributed by atoms with Crippen LogP contribution in [0.5, 0.6) is 0 Å². The van der Waals surface area contributed by atoms with E-state index >= 15 is 0 Å². The van der Waals surface area contributed by atoms with Gasteiger partial charge in [-0.2, -0.15) is 4.74 Å². The zero-order valence-electron chi connectivity index (χ0n) is 24.2. The second-order valence-corrected chi connectivity index (χ2v) is 10.8. The number of nitrogens with zero attached hydrogens (tertiary/aromatic N) is 4. The summed E-state index contributed by atoms with van der Waals surface area (Å²) in [6, 6.07) is 18.1. The van der Waals surface area contributed by atoms with Crippen molar-refractivity contribution >= 4 is 28.4 Å². The number of amides is 2. The van der Waals surface area contributed by atoms with Crippen LogP contribution in [0.4, 0.5) is 5.69 Å². The van der Waals surface area contributed by atoms with Gasteiger partial charge in [-0.3, -0.25) is 14.4 Å². The van der Waals surface area contributed by atoms with Crippen molar-refractivity contribution in [3.63, 3.8) is 0 Å². The van der Waals surface area contributed by atoms with E-state index in [2.05, 4.69) is 26.8 Å². The second kappa shape index (κ2) is 11.3. The maximum Gasteiger partial charge on any atom is 0.290 e. The first-order chi connectivity index (χ1) is 20.7. The topological polar surface area (TPSA) is 138 Å². The first-order valence-corrected chi connectivity index (χ1v) is 14.0. The number of nitrogens with one attached hydrogen (secondary N) is 1. The van der Waals surface area contributed by atoms with Gasteiger partial charge in [0, 0.05) is 55.2 Å². The number of ether oxygens (including phenoxy) is 1. The van der Waals surface area contributed by atoms with Crippen molar-refractivity contribution in [2.24, 2.45) is 12.8 Å². The molecular formula is C32H32N6O5. The summed E-state index contributed by atoms with van der Waals surface area (Å²) in [5.41, 5.74) is 9.93. The molecule has 0 bridgehead atoms. The van der Waals surface area contributed by atoms with Gasteiger partial charge in [0.05, 0.1) is 23.8 Å². The highest BCUT2D eigenvalue weighted by Gasteiger charge is 2.25. The highest BCUT2D eigenvalue weighted by molar-refractivity contribution is 6.11. The number of aryl methyl sites for hydroxylation is 2. The number of hydrogen-bond acceptors (Lipinski definition) is 7. The third-order valence-electron chi connectivity index (χ3n) is 7.72. The lowest BCUT2D eigenvalue weighted by Crippen LogP contribution is -2.49. The number of rotatable bonds is 9. The third kappa shape index (κ3) is 5.47. The van der Waals surface area contributed by atoms with Crippen molar-refractivity contribution in [3.8, 4) is 22.4 Å². The smallest absolute Gasteiger partial charge is 0.290 e. The third-order valence-corrected chi connectivity index (χ3v) is 7.72. The van der Waals surface area contributed by atoms with Gasteiger partial charge in [-0.25, -0.2) is 4.98 Å². The molecule has 2 amide bonds. The van der Waals surface area contributed by atoms with Crippen LogP contribution in [-0.4, -0.2) is 63.9 Å². The summed E-state index contributed by atoms with van der Waals surface area (Å²) in [7, 11) is 3.64. The van der Waals surface area contributed by atoms with E-state index in [4.69, 9.17) is 15.0 Å². The van der Waals surface area contributed by atoms with E-state index in [9.17, 15) is 14.4 Å². The van der Waals surface area contributed by atoms with E-state index in [1.165, 1.54) is 10.8 Å². The van der Waals surface area contributed by atoms with Gasteiger partial charge in [-0.1, -0.05) is 30.3 Å². The number of carbonyl (C=O) groups excluding carboxylic acids is 2. The largest absolute Gasteiger partial charge is 0.381 e. The minimum atomic E-state index is -0.582. The Morgan fingerprint density at radius 3 is 2.49 bits per heavy atom. The van der Waals surface area contributed by atoms with Crippen LogP contribution in [0.1, 0.15) is 26.6 Å². The quantitative estimate of drug-likeness (QED) is 0.271. The maximum absolute atomic E-state index is 13.6. The lowest BCUT2D eigenvalue weighted by molar-refractivity contribution is -0.0452. The van der Waals surface area contributed by atoms with Gasteiger partial charge >= 0.3 is 0 Å². The van der Waals surface area contributed by atoms with Crippen LogP contribution in [0.3, 0.4) is 0 Å². The number of pyridine rings is 1. The molecule has 1 aliphatic rings. The highest BCUT2D eigenvalue weighted by atomic mass is 16.5. The molecule has 5 aromatic rings. The van der Waals surface area contributed by atoms with Crippen LogP contribution in [0.15, 0.2) is 76.2 Å². The molecule has 1 fully saturated rings. The molecule has 43 heavy (non-hydrogen) atoms. The lowest BCUT2D eigenvalue weighted by Gasteiger charge is -2.35. The van der Waals surface area contributed by atoms with Crippen molar-refractivity contribution in [2.75, 3.05) is 32.1 Å². The van der Waals surface area contributed by atoms with Gasteiger partial charge in [-0.05, 0) is 55.4 Å². The van der Waals surface area contributed by atoms with E-state index in [0.717, 1.165) is 35.3 Å². The normalized spacial score (nSPS) is 13.7. The number of likely N-dealkylation sites (N-methyl/N-ethyl adjacent to an activating group) is 1. The molecule has 11 nitrogen and oxygen atoms in total. The van der Waals surface area contributed by atoms with E-state index in [1.54, 1.807) is 38.4 Å². The molecule has 220 valence electrons. The summed E-state index contributed by atoms with van der Waals surface area (Å²) >= 11 is 0. The first-order valence-electron chi connectivity index (χ1n) is 14.0. The van der Waals surface area contributed by atoms with Gasteiger partial charge in [0.1, 0.15) is 5.76 Å². The van der Waals surface area contributed by atoms with Crippen molar-refractivity contribution in [1.29, 1.82) is 0 Å². The molecule has 6 rings (SSSR count). The number of aromatic nitrogens is 3. The highest BCUT2D eigenvalue weighted by Crippen LogP contribution is 2.32. The number of likely N-dealkylation sites (tertiary alicyclic amines) is 1. The Hall–Kier alpha value is -5.00. The zero-order valence-corrected chi connectivity index (χ0v) is 24.2. The number of benzene rings is 2. The molecule has 3 N–H and O–H groups in total. The van der Waals surface area contributed by atoms with Crippen LogP contribution in [-0.2, 0) is 18.3 Å². The SMILES string of the molecule is Cc1on(C)c(=O)c1-c1ccc(-c2cc3ccnc(C(=O)Nc4cccc(C(N)=O)c4)c3n2CCOC2CN(C)C2)cc1. The standard InChI is InChI=1S/C32H32N6O5/c1-19-27(32(41)37(3)43-19)21-9-7-20(8-10-21)26-16-22-11-12-34-28(29(22)38(26)13-14-42-25-17-36(2)18-25)31(40)35-24-6-4-5-23(15-24)30(33)39/h4-12,15-16,25H,13-14,17-18H2,1-3H3,(H2,33,39)(H,35,40). The van der Waals surface area contributed by atoms with Crippen LogP contribution >= 0.6 is 0 Å². The summed E-state index contributed by atoms with van der Waals surface area (Å²) < 4.78 is 14.9. The summed E-state index contributed by atoms with van der Waals surface area (Å²) in [6.45, 7) is 4.48. The number of hydrogen-bond donors (Lipinski definition) is 2. The van der Waals surface area contributed by atoms with Gasteiger partial charge in [0.2, 0.25) is 5.91 Å². The molecule has 3 aromatic heterocycles. The number of nitrogens with two attached hydrogens (primary N) is 1. The average molecular weight is 581 g/mol. The lowest BCUT2D eigenvalue weighted by atomic mass is 10.0. The first kappa shape index (κ1) is 28.1. The fraction of sp³-hybridized carbons (Fsp3) is 0.250. The fourth-order valence-corrected chi connectivity index (χ4v) is 5.59. The Labute approximate surface area is 247 Å². The predicted octanol–water partition coefficient (Wildman–Crippen LogP) is 3.65.